The highest BCUT2D eigenvalue weighted by Gasteiger charge is 2.42. The molecule has 19 heavy (non-hydrogen) atoms. The normalized spacial score (nSPS) is 12.2. The van der Waals surface area contributed by atoms with Gasteiger partial charge in [-0.15, -0.1) is 5.10 Å². The van der Waals surface area contributed by atoms with E-state index in [2.05, 4.69) is 14.9 Å². The standard InChI is InChI=1S/C9H7F5N4O/c1-17-7(18-4-2-3-15-18)5(9(12,13)14)6(16-17)19-8(10)11/h2-4,8H,1H3. The summed E-state index contributed by atoms with van der Waals surface area (Å²) < 4.78 is 68.5. The highest BCUT2D eigenvalue weighted by molar-refractivity contribution is 5.43. The van der Waals surface area contributed by atoms with Crippen molar-refractivity contribution in [1.82, 2.24) is 19.6 Å². The highest BCUT2D eigenvalue weighted by atomic mass is 19.4. The van der Waals surface area contributed by atoms with Crippen LogP contribution < -0.4 is 4.74 Å². The molecule has 104 valence electrons. The summed E-state index contributed by atoms with van der Waals surface area (Å²) in [7, 11) is 1.17. The molecule has 0 fully saturated rings. The van der Waals surface area contributed by atoms with Crippen molar-refractivity contribution in [3.8, 4) is 11.7 Å². The molecule has 0 aliphatic rings. The maximum atomic E-state index is 12.9. The number of hydrogen-bond donors (Lipinski definition) is 0. The molecule has 2 heterocycles. The van der Waals surface area contributed by atoms with E-state index in [0.29, 0.717) is 0 Å². The molecule has 5 nitrogen and oxygen atoms in total. The van der Waals surface area contributed by atoms with Crippen molar-refractivity contribution < 1.29 is 26.7 Å². The second-order valence-corrected chi connectivity index (χ2v) is 3.45. The predicted octanol–water partition coefficient (Wildman–Crippen LogP) is 2.23. The van der Waals surface area contributed by atoms with E-state index in [1.807, 2.05) is 0 Å². The van der Waals surface area contributed by atoms with E-state index < -0.39 is 30.0 Å². The van der Waals surface area contributed by atoms with E-state index in [4.69, 9.17) is 0 Å². The van der Waals surface area contributed by atoms with Gasteiger partial charge in [0.15, 0.2) is 11.4 Å². The molecule has 2 aromatic rings. The van der Waals surface area contributed by atoms with Crippen LogP contribution in [-0.4, -0.2) is 26.2 Å². The first-order valence-corrected chi connectivity index (χ1v) is 4.89. The molecule has 0 aliphatic heterocycles. The average Bonchev–Trinajstić information content (AvgIpc) is 2.82. The van der Waals surface area contributed by atoms with E-state index >= 15 is 0 Å². The molecule has 0 N–H and O–H groups in total. The number of aromatic nitrogens is 4. The topological polar surface area (TPSA) is 44.9 Å². The minimum atomic E-state index is -4.90. The molecule has 0 spiro atoms. The Morgan fingerprint density at radius 2 is 2.00 bits per heavy atom. The van der Waals surface area contributed by atoms with Gasteiger partial charge in [-0.25, -0.2) is 9.36 Å². The van der Waals surface area contributed by atoms with Crippen molar-refractivity contribution in [3.05, 3.63) is 24.0 Å². The van der Waals surface area contributed by atoms with E-state index in [-0.39, 0.29) is 0 Å². The molecule has 0 atom stereocenters. The lowest BCUT2D eigenvalue weighted by atomic mass is 10.3. The Kier molecular flexibility index (Phi) is 3.16. The molecule has 0 radical (unpaired) electrons. The molecule has 0 bridgehead atoms. The highest BCUT2D eigenvalue weighted by Crippen LogP contribution is 2.40. The summed E-state index contributed by atoms with van der Waals surface area (Å²) in [6, 6.07) is 1.39. The first-order valence-electron chi connectivity index (χ1n) is 4.89. The van der Waals surface area contributed by atoms with E-state index in [1.54, 1.807) is 0 Å². The van der Waals surface area contributed by atoms with Gasteiger partial charge in [-0.2, -0.15) is 27.1 Å². The SMILES string of the molecule is Cn1nc(OC(F)F)c(C(F)(F)F)c1-n1cccn1. The zero-order valence-corrected chi connectivity index (χ0v) is 9.40. The lowest BCUT2D eigenvalue weighted by molar-refractivity contribution is -0.141. The zero-order valence-electron chi connectivity index (χ0n) is 9.40. The van der Waals surface area contributed by atoms with Gasteiger partial charge in [0.1, 0.15) is 0 Å². The third-order valence-corrected chi connectivity index (χ3v) is 2.19. The Bertz CT molecular complexity index is 560. The fraction of sp³-hybridized carbons (Fsp3) is 0.333. The smallest absolute Gasteiger partial charge is 0.415 e. The van der Waals surface area contributed by atoms with Gasteiger partial charge < -0.3 is 4.74 Å². The maximum absolute atomic E-state index is 12.9. The van der Waals surface area contributed by atoms with Crippen LogP contribution in [0.2, 0.25) is 0 Å². The fourth-order valence-electron chi connectivity index (χ4n) is 1.56. The third-order valence-electron chi connectivity index (χ3n) is 2.19. The van der Waals surface area contributed by atoms with Crippen LogP contribution in [0.25, 0.3) is 5.82 Å². The second-order valence-electron chi connectivity index (χ2n) is 3.45. The summed E-state index contributed by atoms with van der Waals surface area (Å²) in [4.78, 5) is 0. The minimum absolute atomic E-state index is 0.506. The summed E-state index contributed by atoms with van der Waals surface area (Å²) in [5, 5.41) is 6.93. The summed E-state index contributed by atoms with van der Waals surface area (Å²) in [5.74, 6) is -1.69. The van der Waals surface area contributed by atoms with Crippen molar-refractivity contribution in [1.29, 1.82) is 0 Å². The van der Waals surface area contributed by atoms with Crippen LogP contribution in [0, 0.1) is 0 Å². The Labute approximate surface area is 103 Å². The van der Waals surface area contributed by atoms with Crippen molar-refractivity contribution in [2.75, 3.05) is 0 Å². The van der Waals surface area contributed by atoms with Crippen LogP contribution >= 0.6 is 0 Å². The average molecular weight is 282 g/mol. The number of rotatable bonds is 3. The van der Waals surface area contributed by atoms with Gasteiger partial charge >= 0.3 is 12.8 Å². The maximum Gasteiger partial charge on any atom is 0.425 e. The van der Waals surface area contributed by atoms with Crippen LogP contribution in [0.4, 0.5) is 22.0 Å². The van der Waals surface area contributed by atoms with Crippen LogP contribution in [0.15, 0.2) is 18.5 Å². The lowest BCUT2D eigenvalue weighted by Gasteiger charge is -2.10. The molecule has 0 unspecified atom stereocenters. The van der Waals surface area contributed by atoms with E-state index in [9.17, 15) is 22.0 Å². The van der Waals surface area contributed by atoms with Crippen molar-refractivity contribution in [2.24, 2.45) is 7.05 Å². The first kappa shape index (κ1) is 13.3. The quantitative estimate of drug-likeness (QED) is 0.811. The molecular weight excluding hydrogens is 275 g/mol. The zero-order chi connectivity index (χ0) is 14.2. The van der Waals surface area contributed by atoms with Crippen molar-refractivity contribution in [3.63, 3.8) is 0 Å². The molecule has 0 saturated heterocycles. The minimum Gasteiger partial charge on any atom is -0.415 e. The van der Waals surface area contributed by atoms with Gasteiger partial charge in [-0.3, -0.25) is 0 Å². The van der Waals surface area contributed by atoms with Crippen LogP contribution in [-0.2, 0) is 13.2 Å². The number of halogens is 5. The Balaban J connectivity index is 2.63. The molecule has 0 aliphatic carbocycles. The summed E-state index contributed by atoms with van der Waals surface area (Å²) in [5.41, 5.74) is -1.40. The number of ether oxygens (including phenoxy) is 1. The van der Waals surface area contributed by atoms with E-state index in [1.165, 1.54) is 25.5 Å². The molecule has 2 rings (SSSR count). The number of alkyl halides is 5. The molecular formula is C9H7F5N4O. The van der Waals surface area contributed by atoms with Crippen LogP contribution in [0.3, 0.4) is 0 Å². The monoisotopic (exact) mass is 282 g/mol. The van der Waals surface area contributed by atoms with Crippen molar-refractivity contribution in [2.45, 2.75) is 12.8 Å². The van der Waals surface area contributed by atoms with E-state index in [0.717, 1.165) is 9.36 Å². The Morgan fingerprint density at radius 1 is 1.32 bits per heavy atom. The van der Waals surface area contributed by atoms with Gasteiger partial charge in [0, 0.05) is 19.4 Å². The summed E-state index contributed by atoms with van der Waals surface area (Å²) >= 11 is 0. The van der Waals surface area contributed by atoms with Gasteiger partial charge in [-0.05, 0) is 6.07 Å². The number of nitrogens with zero attached hydrogens (tertiary/aromatic N) is 4. The molecule has 2 aromatic heterocycles. The Morgan fingerprint density at radius 3 is 2.47 bits per heavy atom. The number of hydrogen-bond acceptors (Lipinski definition) is 3. The lowest BCUT2D eigenvalue weighted by Crippen LogP contribution is -2.14. The molecule has 10 heteroatoms. The third kappa shape index (κ3) is 2.51. The molecule has 0 saturated carbocycles. The first-order chi connectivity index (χ1) is 8.80. The Hall–Kier alpha value is -2.13. The fourth-order valence-corrected chi connectivity index (χ4v) is 1.56. The summed E-state index contributed by atoms with van der Waals surface area (Å²) in [6.07, 6.45) is -2.42. The van der Waals surface area contributed by atoms with Gasteiger partial charge in [0.05, 0.1) is 0 Å². The largest absolute Gasteiger partial charge is 0.425 e. The summed E-state index contributed by atoms with van der Waals surface area (Å²) in [6.45, 7) is -3.40. The van der Waals surface area contributed by atoms with Crippen molar-refractivity contribution >= 4 is 0 Å². The van der Waals surface area contributed by atoms with Crippen LogP contribution in [0.1, 0.15) is 5.56 Å². The van der Waals surface area contributed by atoms with Crippen LogP contribution in [0.5, 0.6) is 5.88 Å². The number of aryl methyl sites for hydroxylation is 1. The molecule has 0 aromatic carbocycles. The van der Waals surface area contributed by atoms with Gasteiger partial charge in [-0.1, -0.05) is 0 Å². The second kappa shape index (κ2) is 4.52. The molecule has 0 amide bonds. The van der Waals surface area contributed by atoms with Gasteiger partial charge in [0.25, 0.3) is 5.88 Å². The van der Waals surface area contributed by atoms with Gasteiger partial charge in [0.2, 0.25) is 0 Å². The predicted molar refractivity (Wildman–Crippen MR) is 52.0 cm³/mol.